The minimum Gasteiger partial charge on any atom is -0.493 e. The minimum absolute atomic E-state index is 0. The Bertz CT molecular complexity index is 1040. The van der Waals surface area contributed by atoms with Gasteiger partial charge in [0.2, 0.25) is 0 Å². The summed E-state index contributed by atoms with van der Waals surface area (Å²) in [5.41, 5.74) is 1.46. The molecule has 2 N–H and O–H groups in total. The first-order valence-electron chi connectivity index (χ1n) is 11.9. The molecule has 1 aliphatic heterocycles. The number of ether oxygens (including phenoxy) is 2. The SMILES string of the molecule is CCCN1CC[C@]2(c3ccc(OC)c(OC)c3)CC[C@@H](NC(=O)Nc3ccc(F)c(F)c3)C[C@H]12.Cl. The number of hydrogen-bond acceptors (Lipinski definition) is 4. The zero-order valence-electron chi connectivity index (χ0n) is 20.4. The van der Waals surface area contributed by atoms with Crippen molar-refractivity contribution in [3.8, 4) is 11.5 Å². The number of halogens is 3. The van der Waals surface area contributed by atoms with E-state index in [4.69, 9.17) is 9.47 Å². The molecular weight excluding hydrogens is 476 g/mol. The highest BCUT2D eigenvalue weighted by Gasteiger charge is 2.51. The summed E-state index contributed by atoms with van der Waals surface area (Å²) < 4.78 is 37.7. The number of fused-ring (bicyclic) bond motifs is 1. The van der Waals surface area contributed by atoms with Gasteiger partial charge < -0.3 is 20.1 Å². The van der Waals surface area contributed by atoms with Crippen LogP contribution >= 0.6 is 12.4 Å². The third-order valence-electron chi connectivity index (χ3n) is 7.35. The third kappa shape index (κ3) is 5.48. The first-order valence-corrected chi connectivity index (χ1v) is 11.9. The molecule has 192 valence electrons. The van der Waals surface area contributed by atoms with Crippen molar-refractivity contribution in [3.05, 3.63) is 53.6 Å². The van der Waals surface area contributed by atoms with Crippen LogP contribution in [-0.4, -0.2) is 50.3 Å². The lowest BCUT2D eigenvalue weighted by molar-refractivity contribution is 0.136. The summed E-state index contributed by atoms with van der Waals surface area (Å²) >= 11 is 0. The lowest BCUT2D eigenvalue weighted by Gasteiger charge is -2.45. The predicted octanol–water partition coefficient (Wildman–Crippen LogP) is 5.50. The zero-order valence-corrected chi connectivity index (χ0v) is 21.2. The standard InChI is InChI=1S/C26H33F2N3O3.ClH/c1-4-12-31-13-11-26(17-5-8-22(33-2)23(14-17)34-3)10-9-19(16-24(26)31)30-25(32)29-18-6-7-20(27)21(28)15-18;/h5-8,14-15,19,24H,4,9-13,16H2,1-3H3,(H2,29,30,32);1H/t19-,24+,26+;/m1./s1. The van der Waals surface area contributed by atoms with Crippen LogP contribution in [0.4, 0.5) is 19.3 Å². The second kappa shape index (κ2) is 11.4. The highest BCUT2D eigenvalue weighted by atomic mass is 35.5. The van der Waals surface area contributed by atoms with Crippen LogP contribution in [0.3, 0.4) is 0 Å². The van der Waals surface area contributed by atoms with Crippen molar-refractivity contribution >= 4 is 24.1 Å². The number of nitrogens with one attached hydrogen (secondary N) is 2. The normalized spacial score (nSPS) is 23.7. The van der Waals surface area contributed by atoms with Crippen LogP contribution in [0.2, 0.25) is 0 Å². The summed E-state index contributed by atoms with van der Waals surface area (Å²) in [6, 6.07) is 9.42. The second-order valence-electron chi connectivity index (χ2n) is 9.23. The molecule has 2 aliphatic rings. The number of anilines is 1. The highest BCUT2D eigenvalue weighted by Crippen LogP contribution is 2.50. The molecule has 2 fully saturated rings. The van der Waals surface area contributed by atoms with Crippen LogP contribution in [0, 0.1) is 11.6 Å². The summed E-state index contributed by atoms with van der Waals surface area (Å²) in [6.07, 6.45) is 4.70. The fourth-order valence-electron chi connectivity index (χ4n) is 5.74. The van der Waals surface area contributed by atoms with Crippen molar-refractivity contribution in [3.63, 3.8) is 0 Å². The molecule has 2 amide bonds. The summed E-state index contributed by atoms with van der Waals surface area (Å²) in [4.78, 5) is 15.1. The van der Waals surface area contributed by atoms with Gasteiger partial charge in [-0.1, -0.05) is 13.0 Å². The van der Waals surface area contributed by atoms with Gasteiger partial charge in [0.05, 0.1) is 14.2 Å². The van der Waals surface area contributed by atoms with E-state index in [-0.39, 0.29) is 35.6 Å². The summed E-state index contributed by atoms with van der Waals surface area (Å²) in [6.45, 7) is 4.21. The fraction of sp³-hybridized carbons (Fsp3) is 0.500. The highest BCUT2D eigenvalue weighted by molar-refractivity contribution is 5.89. The average molecular weight is 510 g/mol. The van der Waals surface area contributed by atoms with E-state index in [2.05, 4.69) is 34.6 Å². The molecule has 0 unspecified atom stereocenters. The molecule has 2 aromatic carbocycles. The largest absolute Gasteiger partial charge is 0.493 e. The number of rotatable bonds is 7. The number of hydrogen-bond donors (Lipinski definition) is 2. The molecule has 1 heterocycles. The van der Waals surface area contributed by atoms with Crippen molar-refractivity contribution in [1.29, 1.82) is 0 Å². The molecule has 2 aromatic rings. The Hall–Kier alpha value is -2.58. The molecular formula is C26H34ClF2N3O3. The van der Waals surface area contributed by atoms with Crippen LogP contribution < -0.4 is 20.1 Å². The van der Waals surface area contributed by atoms with Gasteiger partial charge in [0.15, 0.2) is 23.1 Å². The molecule has 0 radical (unpaired) electrons. The maximum atomic E-state index is 13.5. The number of carbonyl (C=O) groups is 1. The lowest BCUT2D eigenvalue weighted by atomic mass is 9.65. The average Bonchev–Trinajstić information content (AvgIpc) is 3.20. The molecule has 0 bridgehead atoms. The zero-order chi connectivity index (χ0) is 24.3. The number of methoxy groups -OCH3 is 2. The number of amides is 2. The van der Waals surface area contributed by atoms with E-state index in [0.29, 0.717) is 5.75 Å². The molecule has 0 spiro atoms. The molecule has 1 saturated heterocycles. The van der Waals surface area contributed by atoms with Gasteiger partial charge >= 0.3 is 6.03 Å². The topological polar surface area (TPSA) is 62.8 Å². The number of urea groups is 1. The number of benzene rings is 2. The number of nitrogens with zero attached hydrogens (tertiary/aromatic N) is 1. The number of carbonyl (C=O) groups excluding carboxylic acids is 1. The van der Waals surface area contributed by atoms with E-state index in [1.807, 2.05) is 6.07 Å². The maximum absolute atomic E-state index is 13.5. The lowest BCUT2D eigenvalue weighted by Crippen LogP contribution is -2.53. The first-order chi connectivity index (χ1) is 16.4. The van der Waals surface area contributed by atoms with Crippen molar-refractivity contribution in [2.24, 2.45) is 0 Å². The molecule has 6 nitrogen and oxygen atoms in total. The van der Waals surface area contributed by atoms with Gasteiger partial charge in [0.25, 0.3) is 0 Å². The van der Waals surface area contributed by atoms with Crippen molar-refractivity contribution in [1.82, 2.24) is 10.2 Å². The Labute approximate surface area is 211 Å². The van der Waals surface area contributed by atoms with Gasteiger partial charge in [0.1, 0.15) is 0 Å². The monoisotopic (exact) mass is 509 g/mol. The van der Waals surface area contributed by atoms with Crippen molar-refractivity contribution in [2.75, 3.05) is 32.6 Å². The van der Waals surface area contributed by atoms with Crippen LogP contribution in [0.15, 0.2) is 36.4 Å². The van der Waals surface area contributed by atoms with Gasteiger partial charge in [0, 0.05) is 29.3 Å². The van der Waals surface area contributed by atoms with Gasteiger partial charge in [-0.2, -0.15) is 0 Å². The quantitative estimate of drug-likeness (QED) is 0.517. The van der Waals surface area contributed by atoms with Crippen LogP contribution in [0.1, 0.15) is 44.6 Å². The van der Waals surface area contributed by atoms with E-state index in [1.54, 1.807) is 14.2 Å². The third-order valence-corrected chi connectivity index (χ3v) is 7.35. The van der Waals surface area contributed by atoms with Crippen molar-refractivity contribution < 1.29 is 23.0 Å². The van der Waals surface area contributed by atoms with Gasteiger partial charge in [-0.05, 0) is 75.0 Å². The van der Waals surface area contributed by atoms with E-state index in [0.717, 1.165) is 63.1 Å². The van der Waals surface area contributed by atoms with Gasteiger partial charge in [-0.15, -0.1) is 12.4 Å². The van der Waals surface area contributed by atoms with E-state index >= 15 is 0 Å². The first kappa shape index (κ1) is 27.0. The Kier molecular flexibility index (Phi) is 8.83. The molecule has 4 rings (SSSR count). The van der Waals surface area contributed by atoms with Crippen LogP contribution in [-0.2, 0) is 5.41 Å². The van der Waals surface area contributed by atoms with E-state index in [1.165, 1.54) is 11.6 Å². The predicted molar refractivity (Wildman–Crippen MR) is 135 cm³/mol. The van der Waals surface area contributed by atoms with Crippen LogP contribution in [0.5, 0.6) is 11.5 Å². The Morgan fingerprint density at radius 2 is 1.86 bits per heavy atom. The number of likely N-dealkylation sites (tertiary alicyclic amines) is 1. The molecule has 1 saturated carbocycles. The summed E-state index contributed by atoms with van der Waals surface area (Å²) in [7, 11) is 3.29. The molecule has 9 heteroatoms. The maximum Gasteiger partial charge on any atom is 0.319 e. The fourth-order valence-corrected chi connectivity index (χ4v) is 5.74. The van der Waals surface area contributed by atoms with Crippen molar-refractivity contribution in [2.45, 2.75) is 56.5 Å². The van der Waals surface area contributed by atoms with E-state index in [9.17, 15) is 13.6 Å². The molecule has 0 aromatic heterocycles. The molecule has 35 heavy (non-hydrogen) atoms. The Morgan fingerprint density at radius 1 is 1.09 bits per heavy atom. The van der Waals surface area contributed by atoms with Crippen LogP contribution in [0.25, 0.3) is 0 Å². The van der Waals surface area contributed by atoms with E-state index < -0.39 is 17.7 Å². The molecule has 1 aliphatic carbocycles. The summed E-state index contributed by atoms with van der Waals surface area (Å²) in [5.74, 6) is -0.488. The minimum atomic E-state index is -0.990. The Balaban J connectivity index is 0.00000342. The van der Waals surface area contributed by atoms with Gasteiger partial charge in [-0.25, -0.2) is 13.6 Å². The molecule has 3 atom stereocenters. The summed E-state index contributed by atoms with van der Waals surface area (Å²) in [5, 5.41) is 5.67. The smallest absolute Gasteiger partial charge is 0.319 e. The second-order valence-corrected chi connectivity index (χ2v) is 9.23. The Morgan fingerprint density at radius 3 is 2.54 bits per heavy atom. The van der Waals surface area contributed by atoms with Gasteiger partial charge in [-0.3, -0.25) is 4.90 Å².